The number of ether oxygens (including phenoxy) is 1. The van der Waals surface area contributed by atoms with Gasteiger partial charge in [-0.25, -0.2) is 0 Å². The number of hydrogen-bond acceptors (Lipinski definition) is 2. The molecular weight excluding hydrogens is 162 g/mol. The first-order valence-corrected chi connectivity index (χ1v) is 4.52. The van der Waals surface area contributed by atoms with Gasteiger partial charge >= 0.3 is 0 Å². The lowest BCUT2D eigenvalue weighted by Gasteiger charge is -2.06. The summed E-state index contributed by atoms with van der Waals surface area (Å²) in [4.78, 5) is 0. The van der Waals surface area contributed by atoms with E-state index in [9.17, 15) is 0 Å². The van der Waals surface area contributed by atoms with Crippen molar-refractivity contribution < 1.29 is 4.74 Å². The number of benzene rings is 1. The summed E-state index contributed by atoms with van der Waals surface area (Å²) in [6, 6.07) is 7.80. The smallest absolute Gasteiger partial charge is 0.213 e. The summed E-state index contributed by atoms with van der Waals surface area (Å²) in [5.41, 5.74) is 2.01. The molecule has 0 aliphatic heterocycles. The number of rotatable bonds is 3. The molecule has 0 aliphatic rings. The fourth-order valence-electron chi connectivity index (χ4n) is 1.07. The highest BCUT2D eigenvalue weighted by atomic mass is 16.5. The molecule has 1 aromatic carbocycles. The quantitative estimate of drug-likeness (QED) is 0.559. The van der Waals surface area contributed by atoms with Crippen LogP contribution in [0.4, 0.5) is 0 Å². The maximum absolute atomic E-state index is 7.61. The fourth-order valence-corrected chi connectivity index (χ4v) is 1.07. The van der Waals surface area contributed by atoms with Crippen LogP contribution in [-0.4, -0.2) is 12.5 Å². The van der Waals surface area contributed by atoms with Gasteiger partial charge in [-0.1, -0.05) is 24.6 Å². The van der Waals surface area contributed by atoms with Gasteiger partial charge in [0.1, 0.15) is 0 Å². The van der Waals surface area contributed by atoms with Crippen molar-refractivity contribution >= 4 is 5.90 Å². The van der Waals surface area contributed by atoms with Crippen LogP contribution in [0.3, 0.4) is 0 Å². The Morgan fingerprint density at radius 1 is 1.46 bits per heavy atom. The van der Waals surface area contributed by atoms with Gasteiger partial charge in [0.2, 0.25) is 5.90 Å². The van der Waals surface area contributed by atoms with E-state index in [1.54, 1.807) is 0 Å². The second-order valence-corrected chi connectivity index (χ2v) is 3.05. The van der Waals surface area contributed by atoms with Gasteiger partial charge in [-0.05, 0) is 25.5 Å². The Kier molecular flexibility index (Phi) is 3.50. The lowest BCUT2D eigenvalue weighted by molar-refractivity contribution is 0.303. The summed E-state index contributed by atoms with van der Waals surface area (Å²) in [5, 5.41) is 7.61. The van der Waals surface area contributed by atoms with Crippen molar-refractivity contribution in [3.05, 3.63) is 35.4 Å². The van der Waals surface area contributed by atoms with Gasteiger partial charge in [0.25, 0.3) is 0 Å². The van der Waals surface area contributed by atoms with Crippen molar-refractivity contribution in [3.8, 4) is 0 Å². The molecule has 1 aromatic rings. The van der Waals surface area contributed by atoms with Crippen molar-refractivity contribution in [3.63, 3.8) is 0 Å². The third kappa shape index (κ3) is 2.90. The molecule has 13 heavy (non-hydrogen) atoms. The van der Waals surface area contributed by atoms with Gasteiger partial charge in [0.05, 0.1) is 6.61 Å². The maximum Gasteiger partial charge on any atom is 0.213 e. The third-order valence-electron chi connectivity index (χ3n) is 1.73. The highest BCUT2D eigenvalue weighted by molar-refractivity contribution is 5.91. The molecule has 0 atom stereocenters. The van der Waals surface area contributed by atoms with Gasteiger partial charge in [-0.3, -0.25) is 5.41 Å². The van der Waals surface area contributed by atoms with E-state index in [-0.39, 0.29) is 5.90 Å². The Morgan fingerprint density at radius 3 is 2.85 bits per heavy atom. The molecule has 1 N–H and O–H groups in total. The molecule has 0 saturated heterocycles. The third-order valence-corrected chi connectivity index (χ3v) is 1.73. The summed E-state index contributed by atoms with van der Waals surface area (Å²) < 4.78 is 5.22. The van der Waals surface area contributed by atoms with Crippen LogP contribution in [0.2, 0.25) is 0 Å². The number of aryl methyl sites for hydroxylation is 1. The first kappa shape index (κ1) is 9.78. The normalized spacial score (nSPS) is 9.69. The van der Waals surface area contributed by atoms with Crippen molar-refractivity contribution in [2.24, 2.45) is 0 Å². The molecular formula is C11H15NO. The molecule has 0 bridgehead atoms. The Morgan fingerprint density at radius 2 is 2.23 bits per heavy atom. The monoisotopic (exact) mass is 177 g/mol. The summed E-state index contributed by atoms with van der Waals surface area (Å²) in [6.45, 7) is 4.66. The zero-order chi connectivity index (χ0) is 9.68. The standard InChI is InChI=1S/C11H15NO/c1-3-7-13-11(12)10-6-4-5-9(2)8-10/h4-6,8,12H,3,7H2,1-2H3. The largest absolute Gasteiger partial charge is 0.478 e. The van der Waals surface area contributed by atoms with Gasteiger partial charge in [-0.15, -0.1) is 0 Å². The fraction of sp³-hybridized carbons (Fsp3) is 0.364. The molecule has 2 heteroatoms. The molecule has 0 aliphatic carbocycles. The summed E-state index contributed by atoms with van der Waals surface area (Å²) in [5.74, 6) is 0.269. The Labute approximate surface area is 79.1 Å². The molecule has 70 valence electrons. The highest BCUT2D eigenvalue weighted by Crippen LogP contribution is 2.05. The van der Waals surface area contributed by atoms with Gasteiger partial charge in [-0.2, -0.15) is 0 Å². The molecule has 2 nitrogen and oxygen atoms in total. The zero-order valence-electron chi connectivity index (χ0n) is 8.13. The second-order valence-electron chi connectivity index (χ2n) is 3.05. The van der Waals surface area contributed by atoms with E-state index in [1.165, 1.54) is 0 Å². The van der Waals surface area contributed by atoms with Crippen LogP contribution in [0.1, 0.15) is 24.5 Å². The zero-order valence-corrected chi connectivity index (χ0v) is 8.13. The lowest BCUT2D eigenvalue weighted by atomic mass is 10.1. The predicted octanol–water partition coefficient (Wildman–Crippen LogP) is 2.75. The summed E-state index contributed by atoms with van der Waals surface area (Å²) in [7, 11) is 0. The van der Waals surface area contributed by atoms with E-state index in [0.29, 0.717) is 6.61 Å². The van der Waals surface area contributed by atoms with Crippen LogP contribution in [-0.2, 0) is 4.74 Å². The SMILES string of the molecule is CCCOC(=N)c1cccc(C)c1. The lowest BCUT2D eigenvalue weighted by Crippen LogP contribution is -2.05. The van der Waals surface area contributed by atoms with Crippen molar-refractivity contribution in [1.29, 1.82) is 5.41 Å². The van der Waals surface area contributed by atoms with Crippen LogP contribution in [0.15, 0.2) is 24.3 Å². The minimum Gasteiger partial charge on any atom is -0.478 e. The van der Waals surface area contributed by atoms with Gasteiger partial charge < -0.3 is 4.74 Å². The van der Waals surface area contributed by atoms with Gasteiger partial charge in [0.15, 0.2) is 0 Å². The van der Waals surface area contributed by atoms with E-state index in [0.717, 1.165) is 17.5 Å². The molecule has 0 spiro atoms. The first-order chi connectivity index (χ1) is 6.24. The molecule has 0 aromatic heterocycles. The first-order valence-electron chi connectivity index (χ1n) is 4.52. The number of nitrogens with one attached hydrogen (secondary N) is 1. The number of hydrogen-bond donors (Lipinski definition) is 1. The van der Waals surface area contributed by atoms with E-state index in [1.807, 2.05) is 38.1 Å². The molecule has 0 saturated carbocycles. The molecule has 0 fully saturated rings. The van der Waals surface area contributed by atoms with Crippen molar-refractivity contribution in [2.75, 3.05) is 6.61 Å². The van der Waals surface area contributed by atoms with Gasteiger partial charge in [0, 0.05) is 5.56 Å². The average Bonchev–Trinajstić information content (AvgIpc) is 2.14. The van der Waals surface area contributed by atoms with Crippen molar-refractivity contribution in [2.45, 2.75) is 20.3 Å². The van der Waals surface area contributed by atoms with Crippen LogP contribution in [0.25, 0.3) is 0 Å². The molecule has 0 amide bonds. The Balaban J connectivity index is 2.66. The van der Waals surface area contributed by atoms with E-state index in [2.05, 4.69) is 0 Å². The molecule has 0 heterocycles. The highest BCUT2D eigenvalue weighted by Gasteiger charge is 2.00. The molecule has 0 radical (unpaired) electrons. The topological polar surface area (TPSA) is 33.1 Å². The van der Waals surface area contributed by atoms with Crippen LogP contribution in [0, 0.1) is 12.3 Å². The van der Waals surface area contributed by atoms with Crippen molar-refractivity contribution in [1.82, 2.24) is 0 Å². The second kappa shape index (κ2) is 4.65. The predicted molar refractivity (Wildman–Crippen MR) is 54.3 cm³/mol. The van der Waals surface area contributed by atoms with E-state index < -0.39 is 0 Å². The Bertz CT molecular complexity index is 294. The van der Waals surface area contributed by atoms with E-state index >= 15 is 0 Å². The van der Waals surface area contributed by atoms with Crippen LogP contribution >= 0.6 is 0 Å². The van der Waals surface area contributed by atoms with Crippen LogP contribution in [0.5, 0.6) is 0 Å². The maximum atomic E-state index is 7.61. The van der Waals surface area contributed by atoms with E-state index in [4.69, 9.17) is 10.1 Å². The average molecular weight is 177 g/mol. The molecule has 1 rings (SSSR count). The van der Waals surface area contributed by atoms with Crippen LogP contribution < -0.4 is 0 Å². The minimum atomic E-state index is 0.269. The Hall–Kier alpha value is -1.31. The summed E-state index contributed by atoms with van der Waals surface area (Å²) >= 11 is 0. The minimum absolute atomic E-state index is 0.269. The molecule has 0 unspecified atom stereocenters. The summed E-state index contributed by atoms with van der Waals surface area (Å²) in [6.07, 6.45) is 0.939.